The summed E-state index contributed by atoms with van der Waals surface area (Å²) in [6, 6.07) is 7.85. The van der Waals surface area contributed by atoms with Crippen molar-refractivity contribution in [3.63, 3.8) is 0 Å². The summed E-state index contributed by atoms with van der Waals surface area (Å²) < 4.78 is 9.59. The summed E-state index contributed by atoms with van der Waals surface area (Å²) in [6.07, 6.45) is 1.57. The van der Waals surface area contributed by atoms with E-state index in [4.69, 9.17) is 4.74 Å². The van der Waals surface area contributed by atoms with Gasteiger partial charge in [-0.15, -0.1) is 0 Å². The maximum atomic E-state index is 11.7. The normalized spacial score (nSPS) is 10.4. The zero-order chi connectivity index (χ0) is 16.7. The average molecular weight is 334 g/mol. The molecule has 1 aromatic heterocycles. The van der Waals surface area contributed by atoms with E-state index in [0.717, 1.165) is 28.7 Å². The lowest BCUT2D eigenvalue weighted by Crippen LogP contribution is -2.35. The third-order valence-electron chi connectivity index (χ3n) is 3.23. The standard InChI is InChI=1S/C16H22N4O2S/c1-4-8-17-15(21)11-20(2)16-18-14(19-23-16)10-12-6-5-7-13(9-12)22-3/h5-7,9H,4,8,10-11H2,1-3H3,(H,17,21). The first-order chi connectivity index (χ1) is 11.1. The SMILES string of the molecule is CCCNC(=O)CN(C)c1nc(Cc2cccc(OC)c2)ns1. The maximum absolute atomic E-state index is 11.7. The number of carbonyl (C=O) groups excluding carboxylic acids is 1. The van der Waals surface area contributed by atoms with Gasteiger partial charge in [-0.2, -0.15) is 4.37 Å². The van der Waals surface area contributed by atoms with Crippen molar-refractivity contribution in [1.82, 2.24) is 14.7 Å². The van der Waals surface area contributed by atoms with Crippen molar-refractivity contribution in [2.75, 3.05) is 32.1 Å². The highest BCUT2D eigenvalue weighted by atomic mass is 32.1. The summed E-state index contributed by atoms with van der Waals surface area (Å²) in [5.41, 5.74) is 1.09. The molecule has 2 rings (SSSR count). The lowest BCUT2D eigenvalue weighted by atomic mass is 10.1. The number of aromatic nitrogens is 2. The third kappa shape index (κ3) is 5.21. The van der Waals surface area contributed by atoms with Crippen molar-refractivity contribution in [3.05, 3.63) is 35.7 Å². The highest BCUT2D eigenvalue weighted by Crippen LogP contribution is 2.19. The minimum atomic E-state index is -0.00102. The summed E-state index contributed by atoms with van der Waals surface area (Å²) in [7, 11) is 3.50. The first-order valence-corrected chi connectivity index (χ1v) is 8.33. The first kappa shape index (κ1) is 17.2. The van der Waals surface area contributed by atoms with Crippen LogP contribution in [0.25, 0.3) is 0 Å². The minimum absolute atomic E-state index is 0.00102. The first-order valence-electron chi connectivity index (χ1n) is 7.55. The van der Waals surface area contributed by atoms with Gasteiger partial charge in [0.1, 0.15) is 11.6 Å². The van der Waals surface area contributed by atoms with Gasteiger partial charge in [0.25, 0.3) is 0 Å². The molecule has 2 aromatic rings. The largest absolute Gasteiger partial charge is 0.497 e. The molecule has 124 valence electrons. The van der Waals surface area contributed by atoms with Gasteiger partial charge in [0.15, 0.2) is 0 Å². The minimum Gasteiger partial charge on any atom is -0.497 e. The molecule has 1 amide bonds. The van der Waals surface area contributed by atoms with E-state index in [1.807, 2.05) is 43.1 Å². The van der Waals surface area contributed by atoms with E-state index in [-0.39, 0.29) is 12.5 Å². The number of ether oxygens (including phenoxy) is 1. The van der Waals surface area contributed by atoms with E-state index in [9.17, 15) is 4.79 Å². The predicted molar refractivity (Wildman–Crippen MR) is 92.3 cm³/mol. The number of amides is 1. The van der Waals surface area contributed by atoms with Crippen molar-refractivity contribution in [3.8, 4) is 5.75 Å². The van der Waals surface area contributed by atoms with Gasteiger partial charge in [-0.05, 0) is 24.1 Å². The molecule has 0 radical (unpaired) electrons. The predicted octanol–water partition coefficient (Wildman–Crippen LogP) is 2.10. The van der Waals surface area contributed by atoms with E-state index in [2.05, 4.69) is 14.7 Å². The zero-order valence-electron chi connectivity index (χ0n) is 13.7. The third-order valence-corrected chi connectivity index (χ3v) is 4.10. The van der Waals surface area contributed by atoms with Crippen molar-refractivity contribution in [2.45, 2.75) is 19.8 Å². The second-order valence-electron chi connectivity index (χ2n) is 5.23. The van der Waals surface area contributed by atoms with E-state index >= 15 is 0 Å². The summed E-state index contributed by atoms with van der Waals surface area (Å²) in [4.78, 5) is 18.1. The number of hydrogen-bond acceptors (Lipinski definition) is 6. The molecule has 0 aliphatic carbocycles. The van der Waals surface area contributed by atoms with Crippen molar-refractivity contribution >= 4 is 22.6 Å². The fourth-order valence-corrected chi connectivity index (χ4v) is 2.68. The van der Waals surface area contributed by atoms with Crippen LogP contribution in [0.15, 0.2) is 24.3 Å². The quantitative estimate of drug-likeness (QED) is 0.801. The van der Waals surface area contributed by atoms with E-state index in [0.29, 0.717) is 13.0 Å². The highest BCUT2D eigenvalue weighted by Gasteiger charge is 2.12. The van der Waals surface area contributed by atoms with E-state index in [1.165, 1.54) is 11.5 Å². The van der Waals surface area contributed by atoms with Gasteiger partial charge in [0.05, 0.1) is 13.7 Å². The molecular weight excluding hydrogens is 312 g/mol. The molecule has 1 aromatic carbocycles. The maximum Gasteiger partial charge on any atom is 0.239 e. The van der Waals surface area contributed by atoms with E-state index < -0.39 is 0 Å². The molecule has 0 aliphatic rings. The molecule has 6 nitrogen and oxygen atoms in total. The monoisotopic (exact) mass is 334 g/mol. The van der Waals surface area contributed by atoms with Gasteiger partial charge in [0.2, 0.25) is 11.0 Å². The van der Waals surface area contributed by atoms with Crippen LogP contribution in [0.5, 0.6) is 5.75 Å². The smallest absolute Gasteiger partial charge is 0.239 e. The Morgan fingerprint density at radius 1 is 1.43 bits per heavy atom. The molecule has 0 unspecified atom stereocenters. The Hall–Kier alpha value is -2.15. The zero-order valence-corrected chi connectivity index (χ0v) is 14.5. The van der Waals surface area contributed by atoms with Crippen LogP contribution in [0.2, 0.25) is 0 Å². The molecule has 0 spiro atoms. The number of benzene rings is 1. The average Bonchev–Trinajstić information content (AvgIpc) is 3.01. The fraction of sp³-hybridized carbons (Fsp3) is 0.438. The number of nitrogens with zero attached hydrogens (tertiary/aromatic N) is 3. The second-order valence-corrected chi connectivity index (χ2v) is 5.96. The van der Waals surface area contributed by atoms with E-state index in [1.54, 1.807) is 7.11 Å². The van der Waals surface area contributed by atoms with Crippen molar-refractivity contribution < 1.29 is 9.53 Å². The Bertz CT molecular complexity index is 645. The molecule has 0 atom stereocenters. The molecule has 0 aliphatic heterocycles. The van der Waals surface area contributed by atoms with Gasteiger partial charge in [-0.25, -0.2) is 4.98 Å². The van der Waals surface area contributed by atoms with Crippen LogP contribution in [0, 0.1) is 0 Å². The molecule has 0 saturated heterocycles. The molecule has 7 heteroatoms. The Kier molecular flexibility index (Phi) is 6.34. The Labute approximate surface area is 140 Å². The van der Waals surface area contributed by atoms with Crippen LogP contribution in [0.4, 0.5) is 5.13 Å². The number of likely N-dealkylation sites (N-methyl/N-ethyl adjacent to an activating group) is 1. The number of rotatable bonds is 8. The molecule has 1 heterocycles. The summed E-state index contributed by atoms with van der Waals surface area (Å²) in [5.74, 6) is 1.57. The van der Waals surface area contributed by atoms with Crippen LogP contribution in [0.3, 0.4) is 0 Å². The molecule has 0 saturated carbocycles. The van der Waals surface area contributed by atoms with Crippen LogP contribution < -0.4 is 15.0 Å². The van der Waals surface area contributed by atoms with Gasteiger partial charge < -0.3 is 15.0 Å². The Balaban J connectivity index is 1.95. The fourth-order valence-electron chi connectivity index (χ4n) is 2.04. The molecule has 0 bridgehead atoms. The highest BCUT2D eigenvalue weighted by molar-refractivity contribution is 7.09. The Morgan fingerprint density at radius 2 is 2.26 bits per heavy atom. The Morgan fingerprint density at radius 3 is 3.00 bits per heavy atom. The van der Waals surface area contributed by atoms with Crippen LogP contribution >= 0.6 is 11.5 Å². The van der Waals surface area contributed by atoms with Crippen molar-refractivity contribution in [1.29, 1.82) is 0 Å². The number of hydrogen-bond donors (Lipinski definition) is 1. The molecule has 23 heavy (non-hydrogen) atoms. The summed E-state index contributed by atoms with van der Waals surface area (Å²) >= 11 is 1.31. The lowest BCUT2D eigenvalue weighted by molar-refractivity contribution is -0.119. The van der Waals surface area contributed by atoms with Crippen LogP contribution in [-0.4, -0.2) is 42.5 Å². The van der Waals surface area contributed by atoms with Gasteiger partial charge in [0, 0.05) is 31.5 Å². The number of nitrogens with one attached hydrogen (secondary N) is 1. The van der Waals surface area contributed by atoms with Crippen molar-refractivity contribution in [2.24, 2.45) is 0 Å². The van der Waals surface area contributed by atoms with Gasteiger partial charge in [-0.3, -0.25) is 4.79 Å². The molecular formula is C16H22N4O2S. The number of carbonyl (C=O) groups is 1. The number of methoxy groups -OCH3 is 1. The second kappa shape index (κ2) is 8.47. The summed E-state index contributed by atoms with van der Waals surface area (Å²) in [6.45, 7) is 3.01. The molecule has 0 fully saturated rings. The topological polar surface area (TPSA) is 67.4 Å². The molecule has 1 N–H and O–H groups in total. The summed E-state index contributed by atoms with van der Waals surface area (Å²) in [5, 5.41) is 3.60. The van der Waals surface area contributed by atoms with Crippen LogP contribution in [0.1, 0.15) is 24.7 Å². The lowest BCUT2D eigenvalue weighted by Gasteiger charge is -2.14. The van der Waals surface area contributed by atoms with Gasteiger partial charge in [-0.1, -0.05) is 19.1 Å². The van der Waals surface area contributed by atoms with Crippen LogP contribution in [-0.2, 0) is 11.2 Å². The van der Waals surface area contributed by atoms with Gasteiger partial charge >= 0.3 is 0 Å². The number of anilines is 1.